The number of benzene rings is 1. The maximum atomic E-state index is 13.1. The molecule has 2 aliphatic rings. The number of nitrogens with zero attached hydrogens (tertiary/aromatic N) is 5. The highest BCUT2D eigenvalue weighted by Gasteiger charge is 2.30. The molecule has 0 bridgehead atoms. The molecule has 3 aromatic rings. The highest BCUT2D eigenvalue weighted by Crippen LogP contribution is 2.31. The minimum atomic E-state index is -0.215. The standard InChI is InChI=1S/C27H31ClN6O3S/c28-21-5-1-2-6-23(21)37-18-11-30-25(35)22-19-38-26(31-22)20-8-12-33(13-9-20)27(36)34-16-14-32(15-17-34)24-7-3-4-10-29-24/h1-7,10,19-20H,8-9,11-18H2,(H,30,35). The number of rotatable bonds is 7. The van der Waals surface area contributed by atoms with Crippen LogP contribution in [0.25, 0.3) is 0 Å². The summed E-state index contributed by atoms with van der Waals surface area (Å²) in [5, 5.41) is 6.15. The van der Waals surface area contributed by atoms with E-state index >= 15 is 0 Å². The molecule has 0 atom stereocenters. The number of urea groups is 1. The molecule has 0 unspecified atom stereocenters. The fraction of sp³-hybridized carbons (Fsp3) is 0.407. The number of hydrogen-bond donors (Lipinski definition) is 1. The summed E-state index contributed by atoms with van der Waals surface area (Å²) < 4.78 is 5.62. The second-order valence-corrected chi connectivity index (χ2v) is 10.6. The van der Waals surface area contributed by atoms with Gasteiger partial charge in [-0.15, -0.1) is 11.3 Å². The molecular weight excluding hydrogens is 524 g/mol. The van der Waals surface area contributed by atoms with Crippen LogP contribution in [0.4, 0.5) is 10.6 Å². The topological polar surface area (TPSA) is 90.9 Å². The van der Waals surface area contributed by atoms with Gasteiger partial charge in [-0.05, 0) is 37.1 Å². The Morgan fingerprint density at radius 3 is 2.47 bits per heavy atom. The van der Waals surface area contributed by atoms with Crippen molar-refractivity contribution in [1.29, 1.82) is 0 Å². The first-order valence-electron chi connectivity index (χ1n) is 12.9. The van der Waals surface area contributed by atoms with E-state index in [0.29, 0.717) is 55.8 Å². The van der Waals surface area contributed by atoms with Crippen LogP contribution in [-0.4, -0.2) is 84.1 Å². The second kappa shape index (κ2) is 12.4. The Labute approximate surface area is 231 Å². The summed E-state index contributed by atoms with van der Waals surface area (Å²) in [4.78, 5) is 40.8. The van der Waals surface area contributed by atoms with Gasteiger partial charge in [-0.3, -0.25) is 4.79 Å². The molecule has 200 valence electrons. The van der Waals surface area contributed by atoms with Crippen LogP contribution in [0.5, 0.6) is 5.75 Å². The van der Waals surface area contributed by atoms with Crippen molar-refractivity contribution in [2.45, 2.75) is 18.8 Å². The van der Waals surface area contributed by atoms with E-state index in [-0.39, 0.29) is 17.9 Å². The van der Waals surface area contributed by atoms with Crippen molar-refractivity contribution in [3.05, 3.63) is 69.8 Å². The molecule has 4 heterocycles. The molecule has 38 heavy (non-hydrogen) atoms. The van der Waals surface area contributed by atoms with Crippen molar-refractivity contribution < 1.29 is 14.3 Å². The third kappa shape index (κ3) is 6.36. The van der Waals surface area contributed by atoms with E-state index in [4.69, 9.17) is 16.3 Å². The lowest BCUT2D eigenvalue weighted by Gasteiger charge is -2.39. The molecular formula is C27H31ClN6O3S. The molecule has 9 nitrogen and oxygen atoms in total. The summed E-state index contributed by atoms with van der Waals surface area (Å²) in [6.45, 7) is 5.04. The van der Waals surface area contributed by atoms with E-state index in [0.717, 1.165) is 36.8 Å². The number of anilines is 1. The summed E-state index contributed by atoms with van der Waals surface area (Å²) in [6.07, 6.45) is 3.49. The second-order valence-electron chi connectivity index (χ2n) is 9.31. The first-order valence-corrected chi connectivity index (χ1v) is 14.1. The molecule has 2 fully saturated rings. The van der Waals surface area contributed by atoms with Gasteiger partial charge in [-0.2, -0.15) is 0 Å². The SMILES string of the molecule is O=C(NCCOc1ccccc1Cl)c1csc(C2CCN(C(=O)N3CCN(c4ccccn4)CC3)CC2)n1. The van der Waals surface area contributed by atoms with E-state index < -0.39 is 0 Å². The number of amides is 3. The number of halogens is 1. The van der Waals surface area contributed by atoms with Gasteiger partial charge < -0.3 is 24.8 Å². The van der Waals surface area contributed by atoms with Crippen LogP contribution in [0.15, 0.2) is 54.0 Å². The van der Waals surface area contributed by atoms with Crippen molar-refractivity contribution in [2.75, 3.05) is 57.3 Å². The Bertz CT molecular complexity index is 1230. The lowest BCUT2D eigenvalue weighted by Crippen LogP contribution is -2.54. The third-order valence-electron chi connectivity index (χ3n) is 6.87. The van der Waals surface area contributed by atoms with Crippen LogP contribution in [0, 0.1) is 0 Å². The normalized spacial score (nSPS) is 16.4. The molecule has 0 radical (unpaired) electrons. The highest BCUT2D eigenvalue weighted by atomic mass is 35.5. The van der Waals surface area contributed by atoms with E-state index in [1.807, 2.05) is 40.1 Å². The number of carbonyl (C=O) groups excluding carboxylic acids is 2. The summed E-state index contributed by atoms with van der Waals surface area (Å²) in [5.74, 6) is 1.60. The number of pyridine rings is 1. The van der Waals surface area contributed by atoms with Gasteiger partial charge in [0.05, 0.1) is 16.6 Å². The Morgan fingerprint density at radius 1 is 1.00 bits per heavy atom. The Morgan fingerprint density at radius 2 is 1.74 bits per heavy atom. The molecule has 0 saturated carbocycles. The van der Waals surface area contributed by atoms with Crippen molar-refractivity contribution in [3.63, 3.8) is 0 Å². The number of piperidine rings is 1. The smallest absolute Gasteiger partial charge is 0.320 e. The molecule has 11 heteroatoms. The summed E-state index contributed by atoms with van der Waals surface area (Å²) in [6, 6.07) is 13.3. The Kier molecular flexibility index (Phi) is 8.60. The van der Waals surface area contributed by atoms with Gasteiger partial charge in [0.25, 0.3) is 5.91 Å². The number of hydrogen-bond acceptors (Lipinski definition) is 7. The molecule has 2 saturated heterocycles. The first kappa shape index (κ1) is 26.2. The average molecular weight is 555 g/mol. The van der Waals surface area contributed by atoms with Crippen LogP contribution in [0.2, 0.25) is 5.02 Å². The van der Waals surface area contributed by atoms with Gasteiger partial charge in [0.1, 0.15) is 23.9 Å². The van der Waals surface area contributed by atoms with Crippen molar-refractivity contribution in [3.8, 4) is 5.75 Å². The summed E-state index contributed by atoms with van der Waals surface area (Å²) >= 11 is 7.59. The predicted octanol–water partition coefficient (Wildman–Crippen LogP) is 4.12. The fourth-order valence-corrected chi connectivity index (χ4v) is 5.90. The molecule has 3 amide bonds. The number of carbonyl (C=O) groups is 2. The Hall–Kier alpha value is -3.37. The largest absolute Gasteiger partial charge is 0.490 e. The highest BCUT2D eigenvalue weighted by molar-refractivity contribution is 7.09. The summed E-state index contributed by atoms with van der Waals surface area (Å²) in [5.41, 5.74) is 0.423. The number of thiazole rings is 1. The van der Waals surface area contributed by atoms with Crippen LogP contribution in [0.1, 0.15) is 34.3 Å². The fourth-order valence-electron chi connectivity index (χ4n) is 4.74. The van der Waals surface area contributed by atoms with E-state index in [9.17, 15) is 9.59 Å². The zero-order valence-corrected chi connectivity index (χ0v) is 22.7. The van der Waals surface area contributed by atoms with Crippen LogP contribution in [0.3, 0.4) is 0 Å². The number of aromatic nitrogens is 2. The molecule has 2 aromatic heterocycles. The molecule has 1 N–H and O–H groups in total. The molecule has 2 aliphatic heterocycles. The number of likely N-dealkylation sites (tertiary alicyclic amines) is 1. The molecule has 0 spiro atoms. The lowest BCUT2D eigenvalue weighted by molar-refractivity contribution is 0.0942. The molecule has 5 rings (SSSR count). The summed E-state index contributed by atoms with van der Waals surface area (Å²) in [7, 11) is 0. The van der Waals surface area contributed by atoms with Crippen LogP contribution in [-0.2, 0) is 0 Å². The van der Waals surface area contributed by atoms with Crippen molar-refractivity contribution in [1.82, 2.24) is 25.1 Å². The zero-order chi connectivity index (χ0) is 26.3. The van der Waals surface area contributed by atoms with Crippen LogP contribution >= 0.6 is 22.9 Å². The van der Waals surface area contributed by atoms with Gasteiger partial charge in [0, 0.05) is 56.8 Å². The van der Waals surface area contributed by atoms with Gasteiger partial charge in [0.15, 0.2) is 0 Å². The molecule has 1 aromatic carbocycles. The number of ether oxygens (including phenoxy) is 1. The minimum absolute atomic E-state index is 0.113. The number of para-hydroxylation sites is 1. The van der Waals surface area contributed by atoms with Gasteiger partial charge in [0.2, 0.25) is 0 Å². The van der Waals surface area contributed by atoms with E-state index in [2.05, 4.69) is 20.2 Å². The van der Waals surface area contributed by atoms with Gasteiger partial charge in [-0.1, -0.05) is 29.8 Å². The predicted molar refractivity (Wildman–Crippen MR) is 148 cm³/mol. The monoisotopic (exact) mass is 554 g/mol. The van der Waals surface area contributed by atoms with E-state index in [1.165, 1.54) is 11.3 Å². The lowest BCUT2D eigenvalue weighted by atomic mass is 9.98. The number of piperazine rings is 1. The maximum absolute atomic E-state index is 13.1. The van der Waals surface area contributed by atoms with Gasteiger partial charge >= 0.3 is 6.03 Å². The maximum Gasteiger partial charge on any atom is 0.320 e. The zero-order valence-electron chi connectivity index (χ0n) is 21.1. The molecule has 0 aliphatic carbocycles. The Balaban J connectivity index is 1.04. The quantitative estimate of drug-likeness (QED) is 0.442. The van der Waals surface area contributed by atoms with Crippen molar-refractivity contribution in [2.24, 2.45) is 0 Å². The third-order valence-corrected chi connectivity index (χ3v) is 8.19. The van der Waals surface area contributed by atoms with Crippen LogP contribution < -0.4 is 15.0 Å². The van der Waals surface area contributed by atoms with Crippen molar-refractivity contribution >= 4 is 40.7 Å². The minimum Gasteiger partial charge on any atom is -0.490 e. The average Bonchev–Trinajstić information content (AvgIpc) is 3.47. The van der Waals surface area contributed by atoms with E-state index in [1.54, 1.807) is 23.7 Å². The first-order chi connectivity index (χ1) is 18.6. The number of nitrogens with one attached hydrogen (secondary N) is 1. The van der Waals surface area contributed by atoms with Gasteiger partial charge in [-0.25, -0.2) is 14.8 Å².